The number of aliphatic hydroxyl groups excluding tert-OH is 1. The van der Waals surface area contributed by atoms with E-state index in [1.165, 1.54) is 16.1 Å². The van der Waals surface area contributed by atoms with Gasteiger partial charge < -0.3 is 39.2 Å². The predicted molar refractivity (Wildman–Crippen MR) is 180 cm³/mol. The van der Waals surface area contributed by atoms with Crippen molar-refractivity contribution in [1.29, 1.82) is 0 Å². The van der Waals surface area contributed by atoms with Crippen LogP contribution in [0.4, 0.5) is 0 Å². The Bertz CT molecular complexity index is 1570. The standard InChI is InChI=1S/C36H48N6O8/c1-24(2)18-28-35(46)42-20-25(43)19-29(42)36(47)41(21-26-12-11-17-48-26)22-32(44)37-16-10-6-4-3-5-7-15-33-39-31(40-50-33)23-49-30-14-9-8-13-27(30)34(45)38-28/h8-9,11-14,17,24-25,28-29,43H,3-7,10,15-16,18-23H2,1-2H3,(H,37,44)(H,38,45)/t25-,28+,29+/m0/s1. The van der Waals surface area contributed by atoms with Crippen LogP contribution in [-0.4, -0.2) is 86.5 Å². The topological polar surface area (TPSA) is 180 Å². The maximum atomic E-state index is 14.2. The molecular formula is C36H48N6O8. The monoisotopic (exact) mass is 692 g/mol. The number of fused-ring (bicyclic) bond motifs is 4. The number of hydrogen-bond acceptors (Lipinski definition) is 10. The lowest BCUT2D eigenvalue weighted by Gasteiger charge is -2.32. The molecule has 4 amide bonds. The number of aromatic nitrogens is 2. The zero-order valence-corrected chi connectivity index (χ0v) is 28.8. The quantitative estimate of drug-likeness (QED) is 0.367. The second kappa shape index (κ2) is 17.8. The third-order valence-corrected chi connectivity index (χ3v) is 8.87. The molecule has 1 fully saturated rings. The molecule has 2 aromatic heterocycles. The molecule has 1 saturated heterocycles. The molecule has 2 aliphatic rings. The van der Waals surface area contributed by atoms with Crippen LogP contribution in [0.2, 0.25) is 0 Å². The average Bonchev–Trinajstić information content (AvgIpc) is 3.86. The van der Waals surface area contributed by atoms with Crippen molar-refractivity contribution < 1.29 is 38.0 Å². The lowest BCUT2D eigenvalue weighted by molar-refractivity contribution is -0.146. The first-order valence-electron chi connectivity index (χ1n) is 17.6. The van der Waals surface area contributed by atoms with Crippen molar-refractivity contribution in [2.75, 3.05) is 19.6 Å². The molecule has 1 aromatic carbocycles. The predicted octanol–water partition coefficient (Wildman–Crippen LogP) is 3.39. The zero-order valence-electron chi connectivity index (χ0n) is 28.8. The second-order valence-electron chi connectivity index (χ2n) is 13.4. The van der Waals surface area contributed by atoms with E-state index in [0.717, 1.165) is 38.5 Å². The molecule has 0 radical (unpaired) electrons. The van der Waals surface area contributed by atoms with Gasteiger partial charge in [0.1, 0.15) is 30.1 Å². The summed E-state index contributed by atoms with van der Waals surface area (Å²) < 4.78 is 16.8. The van der Waals surface area contributed by atoms with Crippen LogP contribution in [0.3, 0.4) is 0 Å². The third-order valence-electron chi connectivity index (χ3n) is 8.87. The SMILES string of the molecule is CC(C)C[C@H]1NC(=O)c2ccccc2OCc2noc(n2)CCCCCCCCNC(=O)CN(Cc2ccco2)C(=O)[C@H]2C[C@H](O)CN2C1=O. The van der Waals surface area contributed by atoms with Crippen LogP contribution in [-0.2, 0) is 34.0 Å². The minimum atomic E-state index is -1.04. The number of carbonyl (C=O) groups is 4. The van der Waals surface area contributed by atoms with Gasteiger partial charge in [-0.3, -0.25) is 19.2 Å². The van der Waals surface area contributed by atoms with Crippen molar-refractivity contribution in [3.8, 4) is 5.75 Å². The number of amides is 4. The number of hydrogen-bond donors (Lipinski definition) is 3. The number of carbonyl (C=O) groups excluding carboxylic acids is 4. The zero-order chi connectivity index (χ0) is 35.5. The number of furan rings is 1. The highest BCUT2D eigenvalue weighted by Gasteiger charge is 2.43. The number of aryl methyl sites for hydroxylation is 1. The van der Waals surface area contributed by atoms with Crippen LogP contribution in [0.1, 0.15) is 93.0 Å². The minimum Gasteiger partial charge on any atom is -0.485 e. The molecule has 0 spiro atoms. The van der Waals surface area contributed by atoms with Crippen molar-refractivity contribution in [3.05, 3.63) is 65.7 Å². The molecular weight excluding hydrogens is 644 g/mol. The van der Waals surface area contributed by atoms with Crippen LogP contribution in [0, 0.1) is 5.92 Å². The van der Waals surface area contributed by atoms with Gasteiger partial charge in [-0.15, -0.1) is 0 Å². The Hall–Kier alpha value is -4.72. The van der Waals surface area contributed by atoms with Gasteiger partial charge in [0.05, 0.1) is 24.5 Å². The Morgan fingerprint density at radius 1 is 0.980 bits per heavy atom. The molecule has 270 valence electrons. The lowest BCUT2D eigenvalue weighted by Crippen LogP contribution is -2.55. The Balaban J connectivity index is 1.39. The van der Waals surface area contributed by atoms with Crippen LogP contribution < -0.4 is 15.4 Å². The number of benzene rings is 1. The fourth-order valence-corrected chi connectivity index (χ4v) is 6.37. The lowest BCUT2D eigenvalue weighted by atomic mass is 10.0. The Morgan fingerprint density at radius 2 is 1.76 bits per heavy atom. The Labute approximate surface area is 291 Å². The number of nitrogens with one attached hydrogen (secondary N) is 2. The highest BCUT2D eigenvalue weighted by molar-refractivity contribution is 6.00. The number of nitrogens with zero attached hydrogens (tertiary/aromatic N) is 4. The van der Waals surface area contributed by atoms with E-state index < -0.39 is 35.9 Å². The van der Waals surface area contributed by atoms with E-state index in [9.17, 15) is 24.3 Å². The largest absolute Gasteiger partial charge is 0.485 e. The van der Waals surface area contributed by atoms with E-state index >= 15 is 0 Å². The molecule has 5 rings (SSSR count). The van der Waals surface area contributed by atoms with Gasteiger partial charge in [0.2, 0.25) is 29.4 Å². The molecule has 3 N–H and O–H groups in total. The van der Waals surface area contributed by atoms with Crippen molar-refractivity contribution in [1.82, 2.24) is 30.6 Å². The molecule has 3 aromatic rings. The number of aliphatic hydroxyl groups is 1. The van der Waals surface area contributed by atoms with Crippen LogP contribution in [0.25, 0.3) is 0 Å². The van der Waals surface area contributed by atoms with Crippen LogP contribution in [0.15, 0.2) is 51.6 Å². The summed E-state index contributed by atoms with van der Waals surface area (Å²) in [6.07, 6.45) is 7.15. The molecule has 4 heterocycles. The fourth-order valence-electron chi connectivity index (χ4n) is 6.37. The summed E-state index contributed by atoms with van der Waals surface area (Å²) in [5, 5.41) is 20.5. The number of para-hydroxylation sites is 1. The maximum absolute atomic E-state index is 14.2. The fraction of sp³-hybridized carbons (Fsp3) is 0.556. The molecule has 2 aliphatic heterocycles. The molecule has 50 heavy (non-hydrogen) atoms. The summed E-state index contributed by atoms with van der Waals surface area (Å²) in [6, 6.07) is 8.05. The minimum absolute atomic E-state index is 0.00232. The van der Waals surface area contributed by atoms with Crippen molar-refractivity contribution >= 4 is 23.6 Å². The first kappa shape index (κ1) is 36.6. The normalized spacial score (nSPS) is 22.4. The smallest absolute Gasteiger partial charge is 0.255 e. The van der Waals surface area contributed by atoms with Gasteiger partial charge >= 0.3 is 0 Å². The molecule has 3 atom stereocenters. The van der Waals surface area contributed by atoms with Crippen molar-refractivity contribution in [3.63, 3.8) is 0 Å². The molecule has 2 bridgehead atoms. The van der Waals surface area contributed by atoms with Gasteiger partial charge in [-0.1, -0.05) is 56.8 Å². The third kappa shape index (κ3) is 10.2. The van der Waals surface area contributed by atoms with Gasteiger partial charge in [-0.2, -0.15) is 4.98 Å². The van der Waals surface area contributed by atoms with E-state index in [2.05, 4.69) is 20.8 Å². The van der Waals surface area contributed by atoms with E-state index in [0.29, 0.717) is 30.4 Å². The summed E-state index contributed by atoms with van der Waals surface area (Å²) in [5.41, 5.74) is 0.212. The van der Waals surface area contributed by atoms with Gasteiger partial charge in [0.25, 0.3) is 5.91 Å². The maximum Gasteiger partial charge on any atom is 0.255 e. The summed E-state index contributed by atoms with van der Waals surface area (Å²) in [4.78, 5) is 62.2. The van der Waals surface area contributed by atoms with E-state index in [1.807, 2.05) is 13.8 Å². The molecule has 0 aliphatic carbocycles. The Morgan fingerprint density at radius 3 is 2.54 bits per heavy atom. The molecule has 14 nitrogen and oxygen atoms in total. The molecule has 0 saturated carbocycles. The van der Waals surface area contributed by atoms with E-state index in [1.54, 1.807) is 36.4 Å². The number of rotatable bonds is 4. The van der Waals surface area contributed by atoms with E-state index in [-0.39, 0.29) is 62.2 Å². The summed E-state index contributed by atoms with van der Waals surface area (Å²) in [5.74, 6) is -0.193. The second-order valence-corrected chi connectivity index (χ2v) is 13.4. The van der Waals surface area contributed by atoms with Crippen LogP contribution in [0.5, 0.6) is 5.75 Å². The number of ether oxygens (including phenoxy) is 1. The highest BCUT2D eigenvalue weighted by Crippen LogP contribution is 2.25. The van der Waals surface area contributed by atoms with Gasteiger partial charge in [0.15, 0.2) is 6.61 Å². The van der Waals surface area contributed by atoms with Gasteiger partial charge in [-0.05, 0) is 49.4 Å². The van der Waals surface area contributed by atoms with Crippen molar-refractivity contribution in [2.24, 2.45) is 5.92 Å². The van der Waals surface area contributed by atoms with Gasteiger partial charge in [0, 0.05) is 25.9 Å². The summed E-state index contributed by atoms with van der Waals surface area (Å²) >= 11 is 0. The van der Waals surface area contributed by atoms with Crippen molar-refractivity contribution in [2.45, 2.75) is 103 Å². The van der Waals surface area contributed by atoms with E-state index in [4.69, 9.17) is 13.7 Å². The summed E-state index contributed by atoms with van der Waals surface area (Å²) in [7, 11) is 0. The average molecular weight is 693 g/mol. The molecule has 14 heteroatoms. The molecule has 0 unspecified atom stereocenters. The Kier molecular flexibility index (Phi) is 13.0. The highest BCUT2D eigenvalue weighted by atomic mass is 16.5. The van der Waals surface area contributed by atoms with Gasteiger partial charge in [-0.25, -0.2) is 0 Å². The first-order chi connectivity index (χ1) is 24.2. The summed E-state index contributed by atoms with van der Waals surface area (Å²) in [6.45, 7) is 4.00. The first-order valence-corrected chi connectivity index (χ1v) is 17.6. The van der Waals surface area contributed by atoms with Crippen LogP contribution >= 0.6 is 0 Å².